The average Bonchev–Trinajstić information content (AvgIpc) is 2.05. The number of rotatable bonds is 6. The lowest BCUT2D eigenvalue weighted by molar-refractivity contribution is 0.568. The second-order valence-electron chi connectivity index (χ2n) is 2.80. The van der Waals surface area contributed by atoms with Gasteiger partial charge in [0.1, 0.15) is 0 Å². The molecule has 0 heterocycles. The summed E-state index contributed by atoms with van der Waals surface area (Å²) in [4.78, 5) is 0. The van der Waals surface area contributed by atoms with Crippen LogP contribution in [0.1, 0.15) is 33.1 Å². The van der Waals surface area contributed by atoms with Crippen LogP contribution in [0.3, 0.4) is 0 Å². The van der Waals surface area contributed by atoms with Gasteiger partial charge in [0.25, 0.3) is 0 Å². The summed E-state index contributed by atoms with van der Waals surface area (Å²) in [5.74, 6) is 0. The molecule has 0 saturated carbocycles. The molecule has 0 saturated heterocycles. The Morgan fingerprint density at radius 2 is 2.08 bits per heavy atom. The smallest absolute Gasteiger partial charge is 0.214 e. The molecule has 5 heteroatoms. The Kier molecular flexibility index (Phi) is 5.67. The van der Waals surface area contributed by atoms with Crippen molar-refractivity contribution in [2.75, 3.05) is 6.54 Å². The lowest BCUT2D eigenvalue weighted by Gasteiger charge is -2.09. The molecule has 0 spiro atoms. The first-order chi connectivity index (χ1) is 6.08. The van der Waals surface area contributed by atoms with Crippen molar-refractivity contribution in [1.82, 2.24) is 4.72 Å². The highest BCUT2D eigenvalue weighted by atomic mass is 32.2. The summed E-state index contributed by atoms with van der Waals surface area (Å²) in [5, 5.41) is 7.75. The number of unbranched alkanes of at least 4 members (excludes halogenated alkanes) is 1. The molecular formula is C8H16N2O2S. The van der Waals surface area contributed by atoms with Gasteiger partial charge in [-0.25, -0.2) is 13.1 Å². The molecule has 0 aliphatic heterocycles. The quantitative estimate of drug-likeness (QED) is 0.702. The molecule has 4 nitrogen and oxygen atoms in total. The zero-order valence-electron chi connectivity index (χ0n) is 8.08. The van der Waals surface area contributed by atoms with Crippen LogP contribution in [0, 0.1) is 11.3 Å². The zero-order valence-corrected chi connectivity index (χ0v) is 8.89. The van der Waals surface area contributed by atoms with E-state index in [2.05, 4.69) is 4.72 Å². The monoisotopic (exact) mass is 204 g/mol. The van der Waals surface area contributed by atoms with Gasteiger partial charge in [-0.05, 0) is 6.42 Å². The minimum atomic E-state index is -3.41. The fraction of sp³-hybridized carbons (Fsp3) is 0.875. The van der Waals surface area contributed by atoms with E-state index in [1.165, 1.54) is 0 Å². The van der Waals surface area contributed by atoms with E-state index in [0.29, 0.717) is 13.0 Å². The third-order valence-corrected chi connectivity index (χ3v) is 3.47. The molecule has 0 aliphatic rings. The van der Waals surface area contributed by atoms with E-state index in [4.69, 9.17) is 5.26 Å². The largest absolute Gasteiger partial charge is 0.227 e. The maximum atomic E-state index is 11.3. The SMILES string of the molecule is CCCCC(C#N)S(=O)(=O)NCC. The Balaban J connectivity index is 4.32. The summed E-state index contributed by atoms with van der Waals surface area (Å²) in [5.41, 5.74) is 0. The van der Waals surface area contributed by atoms with Crippen LogP contribution in [-0.4, -0.2) is 20.2 Å². The van der Waals surface area contributed by atoms with E-state index in [9.17, 15) is 8.42 Å². The van der Waals surface area contributed by atoms with Crippen LogP contribution < -0.4 is 4.72 Å². The summed E-state index contributed by atoms with van der Waals surface area (Å²) in [6, 6.07) is 1.81. The molecule has 0 aromatic carbocycles. The van der Waals surface area contributed by atoms with Gasteiger partial charge in [-0.3, -0.25) is 0 Å². The molecule has 76 valence electrons. The van der Waals surface area contributed by atoms with Crippen LogP contribution in [0.2, 0.25) is 0 Å². The van der Waals surface area contributed by atoms with Gasteiger partial charge in [0.05, 0.1) is 6.07 Å². The van der Waals surface area contributed by atoms with Crippen molar-refractivity contribution in [1.29, 1.82) is 5.26 Å². The topological polar surface area (TPSA) is 70.0 Å². The van der Waals surface area contributed by atoms with Crippen molar-refractivity contribution in [3.05, 3.63) is 0 Å². The fourth-order valence-corrected chi connectivity index (χ4v) is 2.20. The summed E-state index contributed by atoms with van der Waals surface area (Å²) in [6.45, 7) is 4.01. The Morgan fingerprint density at radius 3 is 2.46 bits per heavy atom. The molecule has 0 rings (SSSR count). The molecule has 0 bridgehead atoms. The molecule has 0 radical (unpaired) electrons. The summed E-state index contributed by atoms with van der Waals surface area (Å²) in [6.07, 6.45) is 2.09. The van der Waals surface area contributed by atoms with E-state index in [-0.39, 0.29) is 0 Å². The summed E-state index contributed by atoms with van der Waals surface area (Å²) >= 11 is 0. The Bertz CT molecular complexity index is 266. The van der Waals surface area contributed by atoms with Gasteiger partial charge in [-0.2, -0.15) is 5.26 Å². The molecule has 0 aromatic rings. The van der Waals surface area contributed by atoms with Crippen LogP contribution in [-0.2, 0) is 10.0 Å². The highest BCUT2D eigenvalue weighted by Crippen LogP contribution is 2.07. The van der Waals surface area contributed by atoms with Crippen molar-refractivity contribution in [2.45, 2.75) is 38.4 Å². The van der Waals surface area contributed by atoms with E-state index >= 15 is 0 Å². The predicted octanol–water partition coefficient (Wildman–Crippen LogP) is 1.01. The van der Waals surface area contributed by atoms with Gasteiger partial charge in [0.2, 0.25) is 10.0 Å². The first-order valence-corrected chi connectivity index (χ1v) is 6.01. The average molecular weight is 204 g/mol. The molecular weight excluding hydrogens is 188 g/mol. The van der Waals surface area contributed by atoms with Crippen molar-refractivity contribution in [2.24, 2.45) is 0 Å². The van der Waals surface area contributed by atoms with Gasteiger partial charge >= 0.3 is 0 Å². The highest BCUT2D eigenvalue weighted by molar-refractivity contribution is 7.90. The molecule has 1 unspecified atom stereocenters. The summed E-state index contributed by atoms with van der Waals surface area (Å²) < 4.78 is 25.0. The van der Waals surface area contributed by atoms with E-state index in [1.807, 2.05) is 13.0 Å². The lowest BCUT2D eigenvalue weighted by atomic mass is 10.2. The Morgan fingerprint density at radius 1 is 1.46 bits per heavy atom. The third-order valence-electron chi connectivity index (χ3n) is 1.68. The second-order valence-corrected chi connectivity index (χ2v) is 4.75. The van der Waals surface area contributed by atoms with Gasteiger partial charge in [-0.15, -0.1) is 0 Å². The minimum Gasteiger partial charge on any atom is -0.214 e. The van der Waals surface area contributed by atoms with E-state index < -0.39 is 15.3 Å². The van der Waals surface area contributed by atoms with Gasteiger partial charge < -0.3 is 0 Å². The molecule has 0 fully saturated rings. The van der Waals surface area contributed by atoms with Crippen LogP contribution in [0.25, 0.3) is 0 Å². The number of sulfonamides is 1. The number of hydrogen-bond acceptors (Lipinski definition) is 3. The standard InChI is InChI=1S/C8H16N2O2S/c1-3-5-6-8(7-9)13(11,12)10-4-2/h8,10H,3-6H2,1-2H3. The second kappa shape index (κ2) is 5.95. The zero-order chi connectivity index (χ0) is 10.3. The fourth-order valence-electron chi connectivity index (χ4n) is 0.980. The number of nitrogens with one attached hydrogen (secondary N) is 1. The Labute approximate surface area is 80.0 Å². The molecule has 0 aliphatic carbocycles. The molecule has 0 amide bonds. The van der Waals surface area contributed by atoms with Crippen LogP contribution in [0.4, 0.5) is 0 Å². The first kappa shape index (κ1) is 12.4. The molecule has 13 heavy (non-hydrogen) atoms. The number of hydrogen-bond donors (Lipinski definition) is 1. The first-order valence-electron chi connectivity index (χ1n) is 4.46. The van der Waals surface area contributed by atoms with Gasteiger partial charge in [0, 0.05) is 6.54 Å². The van der Waals surface area contributed by atoms with Crippen LogP contribution in [0.15, 0.2) is 0 Å². The van der Waals surface area contributed by atoms with E-state index in [0.717, 1.165) is 12.8 Å². The van der Waals surface area contributed by atoms with Gasteiger partial charge in [-0.1, -0.05) is 26.7 Å². The maximum absolute atomic E-state index is 11.3. The lowest BCUT2D eigenvalue weighted by Crippen LogP contribution is -2.33. The predicted molar refractivity (Wildman–Crippen MR) is 51.5 cm³/mol. The third kappa shape index (κ3) is 4.25. The van der Waals surface area contributed by atoms with Crippen LogP contribution in [0.5, 0.6) is 0 Å². The molecule has 0 aromatic heterocycles. The molecule has 1 N–H and O–H groups in total. The Hall–Kier alpha value is -0.600. The van der Waals surface area contributed by atoms with E-state index in [1.54, 1.807) is 6.92 Å². The van der Waals surface area contributed by atoms with Crippen LogP contribution >= 0.6 is 0 Å². The van der Waals surface area contributed by atoms with Crippen molar-refractivity contribution in [3.63, 3.8) is 0 Å². The minimum absolute atomic E-state index is 0.340. The summed E-state index contributed by atoms with van der Waals surface area (Å²) in [7, 11) is -3.41. The highest BCUT2D eigenvalue weighted by Gasteiger charge is 2.23. The normalized spacial score (nSPS) is 13.6. The maximum Gasteiger partial charge on any atom is 0.227 e. The van der Waals surface area contributed by atoms with Gasteiger partial charge in [0.15, 0.2) is 5.25 Å². The number of nitrogens with zero attached hydrogens (tertiary/aromatic N) is 1. The number of nitriles is 1. The van der Waals surface area contributed by atoms with Crippen molar-refractivity contribution < 1.29 is 8.42 Å². The molecule has 1 atom stereocenters. The van der Waals surface area contributed by atoms with Crippen molar-refractivity contribution >= 4 is 10.0 Å². The van der Waals surface area contributed by atoms with Crippen molar-refractivity contribution in [3.8, 4) is 6.07 Å².